The van der Waals surface area contributed by atoms with Gasteiger partial charge in [0, 0.05) is 0 Å². The first-order valence-electron chi connectivity index (χ1n) is 5.10. The van der Waals surface area contributed by atoms with Gasteiger partial charge in [0.15, 0.2) is 6.29 Å². The van der Waals surface area contributed by atoms with Crippen molar-refractivity contribution >= 4 is 5.97 Å². The largest absolute Gasteiger partial charge is 0.481 e. The molecule has 0 fully saturated rings. The SMILES string of the molecule is CC(C)C(=O)O.CC=C(CCC)C(O)O. The number of allylic oxidation sites excluding steroid dienone is 1. The number of carbonyl (C=O) groups is 1. The molecular formula is C11H22O4. The third kappa shape index (κ3) is 11.1. The minimum absolute atomic E-state index is 0.231. The van der Waals surface area contributed by atoms with E-state index in [1.807, 2.05) is 13.8 Å². The van der Waals surface area contributed by atoms with Gasteiger partial charge < -0.3 is 15.3 Å². The van der Waals surface area contributed by atoms with Crippen molar-refractivity contribution in [3.8, 4) is 0 Å². The van der Waals surface area contributed by atoms with Gasteiger partial charge in [-0.15, -0.1) is 0 Å². The van der Waals surface area contributed by atoms with E-state index < -0.39 is 12.3 Å². The fourth-order valence-electron chi connectivity index (χ4n) is 0.711. The molecule has 3 N–H and O–H groups in total. The number of aliphatic carboxylic acids is 1. The van der Waals surface area contributed by atoms with Gasteiger partial charge in [0.25, 0.3) is 0 Å². The van der Waals surface area contributed by atoms with E-state index >= 15 is 0 Å². The molecule has 0 heterocycles. The van der Waals surface area contributed by atoms with E-state index in [1.54, 1.807) is 19.9 Å². The predicted molar refractivity (Wildman–Crippen MR) is 59.4 cm³/mol. The average molecular weight is 218 g/mol. The number of aliphatic hydroxyl groups is 2. The fourth-order valence-corrected chi connectivity index (χ4v) is 0.711. The molecule has 0 saturated heterocycles. The highest BCUT2D eigenvalue weighted by atomic mass is 16.5. The van der Waals surface area contributed by atoms with Crippen LogP contribution in [0, 0.1) is 5.92 Å². The summed E-state index contributed by atoms with van der Waals surface area (Å²) in [5.74, 6) is -0.972. The summed E-state index contributed by atoms with van der Waals surface area (Å²) in [6.07, 6.45) is 2.22. The number of carboxylic acid groups (broad SMARTS) is 1. The van der Waals surface area contributed by atoms with E-state index in [4.69, 9.17) is 15.3 Å². The lowest BCUT2D eigenvalue weighted by Crippen LogP contribution is -2.07. The van der Waals surface area contributed by atoms with Gasteiger partial charge in [-0.05, 0) is 18.9 Å². The summed E-state index contributed by atoms with van der Waals surface area (Å²) < 4.78 is 0. The van der Waals surface area contributed by atoms with Gasteiger partial charge in [0.2, 0.25) is 0 Å². The van der Waals surface area contributed by atoms with E-state index in [-0.39, 0.29) is 5.92 Å². The molecule has 0 spiro atoms. The molecule has 0 bridgehead atoms. The highest BCUT2D eigenvalue weighted by Crippen LogP contribution is 2.06. The lowest BCUT2D eigenvalue weighted by atomic mass is 10.1. The quantitative estimate of drug-likeness (QED) is 0.496. The van der Waals surface area contributed by atoms with E-state index in [0.717, 1.165) is 12.8 Å². The van der Waals surface area contributed by atoms with Gasteiger partial charge >= 0.3 is 5.97 Å². The van der Waals surface area contributed by atoms with Crippen LogP contribution in [0.4, 0.5) is 0 Å². The van der Waals surface area contributed by atoms with Gasteiger partial charge in [-0.3, -0.25) is 4.79 Å². The van der Waals surface area contributed by atoms with Crippen LogP contribution in [-0.2, 0) is 4.79 Å². The number of aliphatic hydroxyl groups excluding tert-OH is 1. The molecule has 0 atom stereocenters. The zero-order valence-electron chi connectivity index (χ0n) is 9.90. The summed E-state index contributed by atoms with van der Waals surface area (Å²) >= 11 is 0. The van der Waals surface area contributed by atoms with Crippen molar-refractivity contribution in [3.05, 3.63) is 11.6 Å². The van der Waals surface area contributed by atoms with Crippen molar-refractivity contribution in [2.45, 2.75) is 46.8 Å². The second-order valence-electron chi connectivity index (χ2n) is 3.48. The molecule has 0 aliphatic rings. The first-order valence-corrected chi connectivity index (χ1v) is 5.10. The Morgan fingerprint density at radius 1 is 1.33 bits per heavy atom. The molecular weight excluding hydrogens is 196 g/mol. The lowest BCUT2D eigenvalue weighted by molar-refractivity contribution is -0.140. The van der Waals surface area contributed by atoms with Crippen LogP contribution in [0.5, 0.6) is 0 Å². The summed E-state index contributed by atoms with van der Waals surface area (Å²) in [5.41, 5.74) is 0.706. The standard InChI is InChI=1S/C7H14O2.C4H8O2/c1-3-5-6(4-2)7(8)9;1-3(2)4(5)6/h4,7-9H,3,5H2,1-2H3;3H,1-2H3,(H,5,6). The first-order chi connectivity index (χ1) is 6.86. The lowest BCUT2D eigenvalue weighted by Gasteiger charge is -2.05. The molecule has 0 saturated carbocycles. The molecule has 0 radical (unpaired) electrons. The number of carboxylic acids is 1. The maximum absolute atomic E-state index is 9.70. The van der Waals surface area contributed by atoms with Crippen LogP contribution >= 0.6 is 0 Å². The van der Waals surface area contributed by atoms with Gasteiger partial charge in [0.1, 0.15) is 0 Å². The molecule has 0 unspecified atom stereocenters. The smallest absolute Gasteiger partial charge is 0.305 e. The summed E-state index contributed by atoms with van der Waals surface area (Å²) in [4.78, 5) is 9.70. The Labute approximate surface area is 91.2 Å². The molecule has 4 heteroatoms. The monoisotopic (exact) mass is 218 g/mol. The third-order valence-electron chi connectivity index (χ3n) is 1.74. The van der Waals surface area contributed by atoms with Crippen LogP contribution in [0.15, 0.2) is 11.6 Å². The molecule has 0 amide bonds. The molecule has 15 heavy (non-hydrogen) atoms. The maximum Gasteiger partial charge on any atom is 0.305 e. The Balaban J connectivity index is 0. The van der Waals surface area contributed by atoms with Crippen LogP contribution < -0.4 is 0 Å². The maximum atomic E-state index is 9.70. The van der Waals surface area contributed by atoms with Crippen LogP contribution in [-0.4, -0.2) is 27.6 Å². The van der Waals surface area contributed by atoms with Gasteiger partial charge in [0.05, 0.1) is 5.92 Å². The molecule has 4 nitrogen and oxygen atoms in total. The molecule has 0 aromatic rings. The Morgan fingerprint density at radius 2 is 1.73 bits per heavy atom. The first kappa shape index (κ1) is 16.6. The van der Waals surface area contributed by atoms with Crippen LogP contribution in [0.2, 0.25) is 0 Å². The van der Waals surface area contributed by atoms with Crippen molar-refractivity contribution in [1.29, 1.82) is 0 Å². The summed E-state index contributed by atoms with van der Waals surface area (Å²) in [6.45, 7) is 7.10. The number of hydrogen-bond donors (Lipinski definition) is 3. The van der Waals surface area contributed by atoms with Crippen LogP contribution in [0.3, 0.4) is 0 Å². The van der Waals surface area contributed by atoms with Gasteiger partial charge in [-0.25, -0.2) is 0 Å². The van der Waals surface area contributed by atoms with Crippen molar-refractivity contribution in [2.75, 3.05) is 0 Å². The minimum Gasteiger partial charge on any atom is -0.481 e. The van der Waals surface area contributed by atoms with Crippen molar-refractivity contribution in [3.63, 3.8) is 0 Å². The molecule has 90 valence electrons. The second-order valence-corrected chi connectivity index (χ2v) is 3.48. The van der Waals surface area contributed by atoms with E-state index in [2.05, 4.69) is 0 Å². The molecule has 0 aliphatic heterocycles. The van der Waals surface area contributed by atoms with Crippen LogP contribution in [0.1, 0.15) is 40.5 Å². The fraction of sp³-hybridized carbons (Fsp3) is 0.727. The Bertz CT molecular complexity index is 195. The summed E-state index contributed by atoms with van der Waals surface area (Å²) in [6, 6.07) is 0. The third-order valence-corrected chi connectivity index (χ3v) is 1.74. The summed E-state index contributed by atoms with van der Waals surface area (Å²) in [5, 5.41) is 25.3. The Hall–Kier alpha value is -0.870. The van der Waals surface area contributed by atoms with Crippen LogP contribution in [0.25, 0.3) is 0 Å². The topological polar surface area (TPSA) is 77.8 Å². The summed E-state index contributed by atoms with van der Waals surface area (Å²) in [7, 11) is 0. The minimum atomic E-state index is -1.25. The van der Waals surface area contributed by atoms with Crippen molar-refractivity contribution in [1.82, 2.24) is 0 Å². The van der Waals surface area contributed by atoms with E-state index in [1.165, 1.54) is 0 Å². The highest BCUT2D eigenvalue weighted by Gasteiger charge is 2.02. The van der Waals surface area contributed by atoms with E-state index in [0.29, 0.717) is 5.57 Å². The van der Waals surface area contributed by atoms with Crippen molar-refractivity contribution in [2.24, 2.45) is 5.92 Å². The van der Waals surface area contributed by atoms with E-state index in [9.17, 15) is 4.79 Å². The molecule has 0 aliphatic carbocycles. The number of hydrogen-bond acceptors (Lipinski definition) is 3. The normalized spacial score (nSPS) is 11.3. The van der Waals surface area contributed by atoms with Gasteiger partial charge in [-0.1, -0.05) is 33.3 Å². The van der Waals surface area contributed by atoms with Gasteiger partial charge in [-0.2, -0.15) is 0 Å². The Kier molecular flexibility index (Phi) is 10.7. The number of rotatable bonds is 4. The Morgan fingerprint density at radius 3 is 1.80 bits per heavy atom. The zero-order chi connectivity index (χ0) is 12.4. The average Bonchev–Trinajstić information content (AvgIpc) is 2.14. The highest BCUT2D eigenvalue weighted by molar-refractivity contribution is 5.68. The molecule has 0 rings (SSSR count). The zero-order valence-corrected chi connectivity index (χ0v) is 9.90. The molecule has 0 aromatic carbocycles. The molecule has 0 aromatic heterocycles. The predicted octanol–water partition coefficient (Wildman–Crippen LogP) is 1.77. The second kappa shape index (κ2) is 9.68. The van der Waals surface area contributed by atoms with Crippen molar-refractivity contribution < 1.29 is 20.1 Å².